The van der Waals surface area contributed by atoms with E-state index in [0.29, 0.717) is 36.6 Å². The zero-order valence-electron chi connectivity index (χ0n) is 26.1. The zero-order valence-corrected chi connectivity index (χ0v) is 26.9. The van der Waals surface area contributed by atoms with Crippen LogP contribution in [0.2, 0.25) is 0 Å². The van der Waals surface area contributed by atoms with Gasteiger partial charge >= 0.3 is 6.18 Å². The van der Waals surface area contributed by atoms with Gasteiger partial charge in [0.2, 0.25) is 0 Å². The molecule has 4 aliphatic rings. The van der Waals surface area contributed by atoms with Gasteiger partial charge in [0.15, 0.2) is 16.6 Å². The Morgan fingerprint density at radius 2 is 1.89 bits per heavy atom. The van der Waals surface area contributed by atoms with Crippen molar-refractivity contribution >= 4 is 27.6 Å². The zero-order chi connectivity index (χ0) is 33.2. The third kappa shape index (κ3) is 6.24. The molecule has 2 saturated heterocycles. The highest BCUT2D eigenvalue weighted by atomic mass is 32.2. The molecular formula is C31H37F3N8O4S. The number of anilines is 2. The molecule has 12 nitrogen and oxygen atoms in total. The Morgan fingerprint density at radius 1 is 1.09 bits per heavy atom. The SMILES string of the molecule is CC1(C)CC2CN1c1nc(-n3cc(OCCC4(C(F)(F)F)CC4)cn3)ccc1C(=O)NS(=O)(=O)c1cccc(n1)NCCCC1CN12. The fraction of sp³-hybridized carbons (Fsp3) is 0.548. The minimum Gasteiger partial charge on any atom is -0.490 e. The fourth-order valence-electron chi connectivity index (χ4n) is 6.80. The highest BCUT2D eigenvalue weighted by Gasteiger charge is 2.62. The lowest BCUT2D eigenvalue weighted by Crippen LogP contribution is -2.41. The van der Waals surface area contributed by atoms with Crippen molar-refractivity contribution < 1.29 is 31.1 Å². The number of rotatable bonds is 5. The van der Waals surface area contributed by atoms with Gasteiger partial charge in [0.05, 0.1) is 30.0 Å². The Kier molecular flexibility index (Phi) is 7.65. The average Bonchev–Trinajstić information content (AvgIpc) is 3.90. The van der Waals surface area contributed by atoms with E-state index in [4.69, 9.17) is 9.72 Å². The average molecular weight is 675 g/mol. The quantitative estimate of drug-likeness (QED) is 0.381. The lowest BCUT2D eigenvalue weighted by atomic mass is 9.99. The van der Waals surface area contributed by atoms with Crippen LogP contribution in [0.25, 0.3) is 5.82 Å². The fourth-order valence-corrected chi connectivity index (χ4v) is 7.73. The first kappa shape index (κ1) is 31.7. The number of carbonyl (C=O) groups is 1. The molecule has 0 radical (unpaired) electrons. The molecule has 3 aliphatic heterocycles. The Bertz CT molecular complexity index is 1790. The van der Waals surface area contributed by atoms with Gasteiger partial charge < -0.3 is 15.0 Å². The number of nitrogens with one attached hydrogen (secondary N) is 2. The van der Waals surface area contributed by atoms with Gasteiger partial charge in [0, 0.05) is 37.3 Å². The van der Waals surface area contributed by atoms with E-state index >= 15 is 0 Å². The van der Waals surface area contributed by atoms with E-state index in [9.17, 15) is 26.4 Å². The summed E-state index contributed by atoms with van der Waals surface area (Å²) in [5, 5.41) is 7.22. The first-order chi connectivity index (χ1) is 22.2. The van der Waals surface area contributed by atoms with Gasteiger partial charge in [-0.3, -0.25) is 9.69 Å². The summed E-state index contributed by atoms with van der Waals surface area (Å²) in [4.78, 5) is 27.3. The third-order valence-corrected chi connectivity index (χ3v) is 11.0. The van der Waals surface area contributed by atoms with E-state index < -0.39 is 33.1 Å². The largest absolute Gasteiger partial charge is 0.490 e. The van der Waals surface area contributed by atoms with Crippen LogP contribution in [0.5, 0.6) is 5.75 Å². The van der Waals surface area contributed by atoms with Crippen LogP contribution in [0.4, 0.5) is 24.8 Å². The molecule has 6 heterocycles. The van der Waals surface area contributed by atoms with Crippen LogP contribution in [-0.4, -0.2) is 89.0 Å². The van der Waals surface area contributed by atoms with Crippen LogP contribution in [-0.2, 0) is 10.0 Å². The standard InChI is InChI=1S/C31H37F3N8O4S/c1-29(2)15-21-18-41(29)27-23(8-9-25(38-27)42-19-22(16-36-42)46-14-12-30(10-11-30)31(32,33)34)28(43)39-47(44,45)26-7-3-6-24(37-26)35-13-4-5-20-17-40(20)21/h3,6-9,16,19-21H,4-5,10-15,17-18H2,1-2H3,(H,35,37)(H,39,43). The highest BCUT2D eigenvalue weighted by molar-refractivity contribution is 7.90. The number of hydrogen-bond donors (Lipinski definition) is 2. The molecule has 3 fully saturated rings. The molecule has 1 amide bonds. The number of halogens is 3. The number of alkyl halides is 3. The van der Waals surface area contributed by atoms with Crippen molar-refractivity contribution in [1.29, 1.82) is 0 Å². The summed E-state index contributed by atoms with van der Waals surface area (Å²) >= 11 is 0. The first-order valence-corrected chi connectivity index (χ1v) is 17.3. The predicted octanol–water partition coefficient (Wildman–Crippen LogP) is 4.14. The summed E-state index contributed by atoms with van der Waals surface area (Å²) < 4.78 is 75.8. The maximum absolute atomic E-state index is 13.7. The second-order valence-electron chi connectivity index (χ2n) is 13.5. The Balaban J connectivity index is 1.19. The molecule has 252 valence electrons. The normalized spacial score (nSPS) is 25.9. The van der Waals surface area contributed by atoms with Crippen LogP contribution in [0.15, 0.2) is 47.8 Å². The van der Waals surface area contributed by atoms with Crippen LogP contribution < -0.4 is 19.7 Å². The van der Waals surface area contributed by atoms with Crippen molar-refractivity contribution in [3.05, 3.63) is 48.3 Å². The number of pyridine rings is 2. The van der Waals surface area contributed by atoms with Gasteiger partial charge in [0.1, 0.15) is 11.6 Å². The Labute approximate surface area is 270 Å². The highest BCUT2D eigenvalue weighted by Crippen LogP contribution is 2.59. The summed E-state index contributed by atoms with van der Waals surface area (Å²) in [5.74, 6) is 0.474. The summed E-state index contributed by atoms with van der Waals surface area (Å²) in [7, 11) is -4.32. The Morgan fingerprint density at radius 3 is 2.66 bits per heavy atom. The number of carbonyl (C=O) groups excluding carboxylic acids is 1. The number of ether oxygens (including phenoxy) is 1. The first-order valence-electron chi connectivity index (χ1n) is 15.8. The van der Waals surface area contributed by atoms with E-state index in [-0.39, 0.29) is 48.3 Å². The molecule has 1 saturated carbocycles. The lowest BCUT2D eigenvalue weighted by Gasteiger charge is -2.33. The van der Waals surface area contributed by atoms with Crippen molar-refractivity contribution in [2.75, 3.05) is 36.5 Å². The maximum atomic E-state index is 13.7. The minimum absolute atomic E-state index is 0.0671. The van der Waals surface area contributed by atoms with Crippen molar-refractivity contribution in [3.8, 4) is 11.6 Å². The molecule has 16 heteroatoms. The second-order valence-corrected chi connectivity index (χ2v) is 15.2. The third-order valence-electron chi connectivity index (χ3n) is 9.79. The van der Waals surface area contributed by atoms with Gasteiger partial charge in [-0.15, -0.1) is 0 Å². The summed E-state index contributed by atoms with van der Waals surface area (Å²) in [6.45, 7) is 6.25. The molecule has 3 aromatic rings. The van der Waals surface area contributed by atoms with Crippen LogP contribution in [0.1, 0.15) is 62.7 Å². The van der Waals surface area contributed by atoms with Crippen molar-refractivity contribution in [1.82, 2.24) is 29.4 Å². The van der Waals surface area contributed by atoms with Gasteiger partial charge in [-0.25, -0.2) is 19.4 Å². The number of amides is 1. The molecule has 3 unspecified atom stereocenters. The predicted molar refractivity (Wildman–Crippen MR) is 166 cm³/mol. The van der Waals surface area contributed by atoms with E-state index in [1.807, 2.05) is 4.90 Å². The topological polar surface area (TPSA) is 134 Å². The number of hydrogen-bond acceptors (Lipinski definition) is 10. The molecule has 0 aromatic carbocycles. The molecule has 4 bridgehead atoms. The molecule has 3 atom stereocenters. The number of sulfonamides is 1. The molecule has 0 spiro atoms. The van der Waals surface area contributed by atoms with E-state index in [0.717, 1.165) is 25.8 Å². The second kappa shape index (κ2) is 11.4. The molecular weight excluding hydrogens is 637 g/mol. The summed E-state index contributed by atoms with van der Waals surface area (Å²) in [6, 6.07) is 8.30. The van der Waals surface area contributed by atoms with Gasteiger partial charge in [-0.2, -0.15) is 26.7 Å². The molecule has 1 aliphatic carbocycles. The maximum Gasteiger partial charge on any atom is 0.394 e. The minimum atomic E-state index is -4.32. The molecule has 47 heavy (non-hydrogen) atoms. The lowest BCUT2D eigenvalue weighted by molar-refractivity contribution is -0.190. The summed E-state index contributed by atoms with van der Waals surface area (Å²) in [6.07, 6.45) is 1.47. The smallest absolute Gasteiger partial charge is 0.394 e. The monoisotopic (exact) mass is 674 g/mol. The van der Waals surface area contributed by atoms with E-state index in [1.54, 1.807) is 12.1 Å². The number of aromatic nitrogens is 4. The van der Waals surface area contributed by atoms with Crippen molar-refractivity contribution in [2.45, 2.75) is 81.2 Å². The Hall–Kier alpha value is -3.92. The van der Waals surface area contributed by atoms with Crippen molar-refractivity contribution in [2.24, 2.45) is 5.41 Å². The van der Waals surface area contributed by atoms with E-state index in [1.165, 1.54) is 35.3 Å². The number of nitrogens with zero attached hydrogens (tertiary/aromatic N) is 6. The number of fused-ring (bicyclic) bond motifs is 8. The van der Waals surface area contributed by atoms with Gasteiger partial charge in [-0.05, 0) is 76.6 Å². The van der Waals surface area contributed by atoms with Crippen LogP contribution >= 0.6 is 0 Å². The van der Waals surface area contributed by atoms with Crippen molar-refractivity contribution in [3.63, 3.8) is 0 Å². The van der Waals surface area contributed by atoms with Crippen LogP contribution in [0.3, 0.4) is 0 Å². The molecule has 2 N–H and O–H groups in total. The van der Waals surface area contributed by atoms with Crippen LogP contribution in [0, 0.1) is 5.41 Å². The van der Waals surface area contributed by atoms with Gasteiger partial charge in [0.25, 0.3) is 15.9 Å². The summed E-state index contributed by atoms with van der Waals surface area (Å²) in [5.41, 5.74) is -2.01. The van der Waals surface area contributed by atoms with Gasteiger partial charge in [-0.1, -0.05) is 6.07 Å². The molecule has 7 rings (SSSR count). The van der Waals surface area contributed by atoms with E-state index in [2.05, 4.69) is 38.9 Å². The molecule has 3 aromatic heterocycles.